The summed E-state index contributed by atoms with van der Waals surface area (Å²) >= 11 is 0. The molecule has 2 aliphatic rings. The van der Waals surface area contributed by atoms with Crippen molar-refractivity contribution in [3.05, 3.63) is 0 Å². The van der Waals surface area contributed by atoms with Crippen LogP contribution in [0.1, 0.15) is 13.3 Å². The van der Waals surface area contributed by atoms with Gasteiger partial charge in [0.1, 0.15) is 0 Å². The highest BCUT2D eigenvalue weighted by molar-refractivity contribution is 5.90. The maximum absolute atomic E-state index is 11.2. The minimum Gasteiger partial charge on any atom is -0.354 e. The Labute approximate surface area is 70.9 Å². The smallest absolute Gasteiger partial charge is 0.229 e. The van der Waals surface area contributed by atoms with Gasteiger partial charge in [-0.1, -0.05) is 0 Å². The normalized spacial score (nSPS) is 33.4. The van der Waals surface area contributed by atoms with E-state index in [2.05, 4.69) is 5.32 Å². The highest BCUT2D eigenvalue weighted by Gasteiger charge is 2.51. The van der Waals surface area contributed by atoms with E-state index in [1.54, 1.807) is 11.8 Å². The molecular formula is C8H12N2O2. The summed E-state index contributed by atoms with van der Waals surface area (Å²) in [6.45, 7) is 3.65. The first-order valence-corrected chi connectivity index (χ1v) is 4.18. The molecule has 2 heterocycles. The lowest BCUT2D eigenvalue weighted by molar-refractivity contribution is -0.139. The molecule has 12 heavy (non-hydrogen) atoms. The second kappa shape index (κ2) is 2.21. The number of β-lactam (4-membered cyclic amide) rings is 1. The molecule has 0 bridgehead atoms. The maximum atomic E-state index is 11.2. The summed E-state index contributed by atoms with van der Waals surface area (Å²) in [5.41, 5.74) is -0.217. The second-order valence-electron chi connectivity index (χ2n) is 3.65. The number of nitrogens with one attached hydrogen (secondary N) is 1. The van der Waals surface area contributed by atoms with Gasteiger partial charge in [0.15, 0.2) is 0 Å². The highest BCUT2D eigenvalue weighted by atomic mass is 16.2. The fourth-order valence-electron chi connectivity index (χ4n) is 1.88. The highest BCUT2D eigenvalue weighted by Crippen LogP contribution is 2.34. The summed E-state index contributed by atoms with van der Waals surface area (Å²) in [5, 5.41) is 2.72. The van der Waals surface area contributed by atoms with E-state index in [1.807, 2.05) is 0 Å². The second-order valence-corrected chi connectivity index (χ2v) is 3.65. The van der Waals surface area contributed by atoms with E-state index < -0.39 is 0 Å². The molecule has 1 spiro atoms. The Balaban J connectivity index is 2.07. The zero-order chi connectivity index (χ0) is 8.77. The average molecular weight is 168 g/mol. The molecule has 2 saturated heterocycles. The molecule has 1 atom stereocenters. The van der Waals surface area contributed by atoms with Gasteiger partial charge in [-0.3, -0.25) is 9.59 Å². The van der Waals surface area contributed by atoms with Crippen molar-refractivity contribution in [2.24, 2.45) is 5.41 Å². The van der Waals surface area contributed by atoms with Crippen LogP contribution < -0.4 is 5.32 Å². The molecule has 0 radical (unpaired) electrons. The van der Waals surface area contributed by atoms with Crippen LogP contribution >= 0.6 is 0 Å². The zero-order valence-electron chi connectivity index (χ0n) is 7.09. The van der Waals surface area contributed by atoms with Crippen molar-refractivity contribution in [1.82, 2.24) is 10.2 Å². The number of carbonyl (C=O) groups excluding carboxylic acids is 2. The van der Waals surface area contributed by atoms with E-state index >= 15 is 0 Å². The molecular weight excluding hydrogens is 156 g/mol. The molecule has 66 valence electrons. The van der Waals surface area contributed by atoms with Gasteiger partial charge in [0.2, 0.25) is 11.8 Å². The van der Waals surface area contributed by atoms with Crippen molar-refractivity contribution in [3.63, 3.8) is 0 Å². The predicted octanol–water partition coefficient (Wildman–Crippen LogP) is -0.645. The van der Waals surface area contributed by atoms with Gasteiger partial charge >= 0.3 is 0 Å². The number of hydrogen-bond donors (Lipinski definition) is 1. The summed E-state index contributed by atoms with van der Waals surface area (Å²) in [5.74, 6) is 0.192. The number of carbonyl (C=O) groups is 2. The Morgan fingerprint density at radius 3 is 2.67 bits per heavy atom. The first-order valence-electron chi connectivity index (χ1n) is 4.18. The monoisotopic (exact) mass is 168 g/mol. The molecule has 2 rings (SSSR count). The molecule has 4 nitrogen and oxygen atoms in total. The van der Waals surface area contributed by atoms with Gasteiger partial charge < -0.3 is 10.2 Å². The van der Waals surface area contributed by atoms with Crippen LogP contribution in [-0.2, 0) is 9.59 Å². The molecule has 0 aromatic heterocycles. The van der Waals surface area contributed by atoms with Crippen LogP contribution in [0.5, 0.6) is 0 Å². The Morgan fingerprint density at radius 2 is 2.42 bits per heavy atom. The summed E-state index contributed by atoms with van der Waals surface area (Å²) in [6, 6.07) is 0. The summed E-state index contributed by atoms with van der Waals surface area (Å²) in [7, 11) is 0. The molecule has 0 aliphatic carbocycles. The lowest BCUT2D eigenvalue weighted by atomic mass is 9.80. The van der Waals surface area contributed by atoms with E-state index in [4.69, 9.17) is 0 Å². The van der Waals surface area contributed by atoms with Crippen LogP contribution in [0.25, 0.3) is 0 Å². The summed E-state index contributed by atoms with van der Waals surface area (Å²) in [6.07, 6.45) is 0.832. The number of hydrogen-bond acceptors (Lipinski definition) is 2. The van der Waals surface area contributed by atoms with Gasteiger partial charge in [-0.25, -0.2) is 0 Å². The van der Waals surface area contributed by atoms with Crippen LogP contribution in [0.4, 0.5) is 0 Å². The van der Waals surface area contributed by atoms with Crippen LogP contribution in [0.2, 0.25) is 0 Å². The van der Waals surface area contributed by atoms with E-state index in [-0.39, 0.29) is 17.2 Å². The van der Waals surface area contributed by atoms with Gasteiger partial charge in [-0.2, -0.15) is 0 Å². The number of amides is 2. The molecule has 0 aromatic rings. The minimum absolute atomic E-state index is 0.0755. The average Bonchev–Trinajstić information content (AvgIpc) is 2.48. The van der Waals surface area contributed by atoms with Crippen LogP contribution in [0.15, 0.2) is 0 Å². The molecule has 0 aromatic carbocycles. The van der Waals surface area contributed by atoms with E-state index in [9.17, 15) is 9.59 Å². The van der Waals surface area contributed by atoms with E-state index in [0.29, 0.717) is 6.54 Å². The van der Waals surface area contributed by atoms with Crippen molar-refractivity contribution < 1.29 is 9.59 Å². The topological polar surface area (TPSA) is 49.4 Å². The number of likely N-dealkylation sites (tertiary alicyclic amines) is 1. The lowest BCUT2D eigenvalue weighted by Crippen LogP contribution is -2.60. The van der Waals surface area contributed by atoms with Crippen LogP contribution in [0, 0.1) is 5.41 Å². The molecule has 4 heteroatoms. The SMILES string of the molecule is CC(=O)N1CCC2(CNC2=O)C1. The molecule has 0 saturated carbocycles. The van der Waals surface area contributed by atoms with Crippen molar-refractivity contribution in [3.8, 4) is 0 Å². The third-order valence-electron chi connectivity index (χ3n) is 2.87. The summed E-state index contributed by atoms with van der Waals surface area (Å²) < 4.78 is 0. The first kappa shape index (κ1) is 7.58. The van der Waals surface area contributed by atoms with Crippen LogP contribution in [0.3, 0.4) is 0 Å². The molecule has 2 aliphatic heterocycles. The third kappa shape index (κ3) is 0.838. The first-order chi connectivity index (χ1) is 5.64. The van der Waals surface area contributed by atoms with Crippen LogP contribution in [-0.4, -0.2) is 36.3 Å². The van der Waals surface area contributed by atoms with Crippen molar-refractivity contribution >= 4 is 11.8 Å². The van der Waals surface area contributed by atoms with Gasteiger partial charge in [0, 0.05) is 26.6 Å². The Hall–Kier alpha value is -1.06. The number of rotatable bonds is 0. The molecule has 2 fully saturated rings. The van der Waals surface area contributed by atoms with E-state index in [1.165, 1.54) is 0 Å². The number of nitrogens with zero attached hydrogens (tertiary/aromatic N) is 1. The summed E-state index contributed by atoms with van der Waals surface area (Å²) in [4.78, 5) is 23.9. The Kier molecular flexibility index (Phi) is 1.40. The predicted molar refractivity (Wildman–Crippen MR) is 42.3 cm³/mol. The largest absolute Gasteiger partial charge is 0.354 e. The molecule has 2 amide bonds. The van der Waals surface area contributed by atoms with Gasteiger partial charge in [-0.05, 0) is 6.42 Å². The van der Waals surface area contributed by atoms with Crippen molar-refractivity contribution in [2.75, 3.05) is 19.6 Å². The van der Waals surface area contributed by atoms with Gasteiger partial charge in [0.05, 0.1) is 5.41 Å². The van der Waals surface area contributed by atoms with Gasteiger partial charge in [0.25, 0.3) is 0 Å². The van der Waals surface area contributed by atoms with Crippen molar-refractivity contribution in [2.45, 2.75) is 13.3 Å². The Morgan fingerprint density at radius 1 is 1.67 bits per heavy atom. The quantitative estimate of drug-likeness (QED) is 0.489. The fraction of sp³-hybridized carbons (Fsp3) is 0.750. The molecule has 1 unspecified atom stereocenters. The minimum atomic E-state index is -0.217. The lowest BCUT2D eigenvalue weighted by Gasteiger charge is -2.36. The zero-order valence-corrected chi connectivity index (χ0v) is 7.09. The fourth-order valence-corrected chi connectivity index (χ4v) is 1.88. The van der Waals surface area contributed by atoms with Crippen molar-refractivity contribution in [1.29, 1.82) is 0 Å². The third-order valence-corrected chi connectivity index (χ3v) is 2.87. The van der Waals surface area contributed by atoms with Gasteiger partial charge in [-0.15, -0.1) is 0 Å². The maximum Gasteiger partial charge on any atom is 0.229 e. The molecule has 1 N–H and O–H groups in total. The standard InChI is InChI=1S/C8H12N2O2/c1-6(11)10-3-2-8(5-10)4-9-7(8)12/h2-5H2,1H3,(H,9,12). The van der Waals surface area contributed by atoms with E-state index in [0.717, 1.165) is 19.5 Å². The Bertz CT molecular complexity index is 251.